The average Bonchev–Trinajstić information content (AvgIpc) is 3.06. The summed E-state index contributed by atoms with van der Waals surface area (Å²) < 4.78 is 6.51. The molecule has 2 heterocycles. The van der Waals surface area contributed by atoms with Gasteiger partial charge in [-0.15, -0.1) is 0 Å². The van der Waals surface area contributed by atoms with E-state index in [4.69, 9.17) is 4.74 Å². The van der Waals surface area contributed by atoms with Gasteiger partial charge in [0.2, 0.25) is 11.8 Å². The van der Waals surface area contributed by atoms with E-state index in [2.05, 4.69) is 10.6 Å². The van der Waals surface area contributed by atoms with Crippen LogP contribution in [0.3, 0.4) is 0 Å². The minimum atomic E-state index is -1.10. The van der Waals surface area contributed by atoms with Gasteiger partial charge in [0.05, 0.1) is 17.9 Å². The predicted molar refractivity (Wildman–Crippen MR) is 169 cm³/mol. The van der Waals surface area contributed by atoms with Gasteiger partial charge in [-0.25, -0.2) is 4.79 Å². The van der Waals surface area contributed by atoms with E-state index in [1.807, 2.05) is 59.5 Å². The number of hydrogen-bond donors (Lipinski definition) is 2. The Morgan fingerprint density at radius 3 is 2.36 bits per heavy atom. The Bertz CT molecular complexity index is 1630. The van der Waals surface area contributed by atoms with Crippen molar-refractivity contribution in [3.05, 3.63) is 106 Å². The molecule has 10 heteroatoms. The number of hydrogen-bond acceptors (Lipinski definition) is 6. The number of nitrogens with one attached hydrogen (secondary N) is 2. The van der Waals surface area contributed by atoms with E-state index in [1.165, 1.54) is 10.6 Å². The Morgan fingerprint density at radius 1 is 0.956 bits per heavy atom. The zero-order chi connectivity index (χ0) is 32.1. The quantitative estimate of drug-likeness (QED) is 0.377. The summed E-state index contributed by atoms with van der Waals surface area (Å²) in [4.78, 5) is 67.6. The monoisotopic (exact) mass is 612 g/mol. The molecule has 10 nitrogen and oxygen atoms in total. The predicted octanol–water partition coefficient (Wildman–Crippen LogP) is 3.04. The van der Waals surface area contributed by atoms with Crippen LogP contribution >= 0.6 is 0 Å². The van der Waals surface area contributed by atoms with Gasteiger partial charge in [-0.3, -0.25) is 19.2 Å². The van der Waals surface area contributed by atoms with Crippen LogP contribution in [0.5, 0.6) is 0 Å². The van der Waals surface area contributed by atoms with Crippen LogP contribution in [0.2, 0.25) is 0 Å². The SMILES string of the molecule is CCOC(=O)[C@@H](C)NC(=O)[C@@]1(c2ccccc2)CC[C@H](C(=O)N2CCC(NC(=O)c3cccn(C)c3=O)CC2)c2ccccc21. The Kier molecular flexibility index (Phi) is 9.51. The van der Waals surface area contributed by atoms with Gasteiger partial charge in [-0.1, -0.05) is 54.6 Å². The first kappa shape index (κ1) is 31.7. The Balaban J connectivity index is 1.35. The van der Waals surface area contributed by atoms with Crippen LogP contribution in [-0.4, -0.2) is 64.9 Å². The number of pyridine rings is 1. The molecule has 0 radical (unpaired) electrons. The Morgan fingerprint density at radius 2 is 1.64 bits per heavy atom. The summed E-state index contributed by atoms with van der Waals surface area (Å²) in [5.41, 5.74) is 0.991. The lowest BCUT2D eigenvalue weighted by Crippen LogP contribution is -2.53. The highest BCUT2D eigenvalue weighted by Crippen LogP contribution is 2.48. The first-order chi connectivity index (χ1) is 21.7. The van der Waals surface area contributed by atoms with Crippen LogP contribution in [0.15, 0.2) is 77.7 Å². The van der Waals surface area contributed by atoms with Gasteiger partial charge in [-0.2, -0.15) is 0 Å². The normalized spacial score (nSPS) is 20.4. The highest BCUT2D eigenvalue weighted by Gasteiger charge is 2.49. The van der Waals surface area contributed by atoms with Crippen LogP contribution in [0.1, 0.15) is 72.5 Å². The zero-order valence-corrected chi connectivity index (χ0v) is 26.0. The lowest BCUT2D eigenvalue weighted by Gasteiger charge is -2.43. The second kappa shape index (κ2) is 13.5. The first-order valence-corrected chi connectivity index (χ1v) is 15.5. The molecule has 3 aromatic rings. The summed E-state index contributed by atoms with van der Waals surface area (Å²) in [5, 5.41) is 5.86. The van der Waals surface area contributed by atoms with Crippen LogP contribution in [0, 0.1) is 0 Å². The van der Waals surface area contributed by atoms with Gasteiger partial charge in [0.25, 0.3) is 11.5 Å². The van der Waals surface area contributed by atoms with Gasteiger partial charge in [-0.05, 0) is 68.4 Å². The van der Waals surface area contributed by atoms with Crippen molar-refractivity contribution in [2.24, 2.45) is 7.05 Å². The molecule has 1 aliphatic carbocycles. The number of rotatable bonds is 8. The number of nitrogens with zero attached hydrogens (tertiary/aromatic N) is 2. The number of fused-ring (bicyclic) bond motifs is 1. The molecule has 2 aliphatic rings. The van der Waals surface area contributed by atoms with E-state index in [9.17, 15) is 24.0 Å². The van der Waals surface area contributed by atoms with Crippen molar-refractivity contribution in [1.29, 1.82) is 0 Å². The summed E-state index contributed by atoms with van der Waals surface area (Å²) in [6, 6.07) is 19.3. The number of aryl methyl sites for hydroxylation is 1. The number of esters is 1. The van der Waals surface area contributed by atoms with Crippen molar-refractivity contribution >= 4 is 23.7 Å². The number of aromatic nitrogens is 1. The zero-order valence-electron chi connectivity index (χ0n) is 26.0. The highest BCUT2D eigenvalue weighted by atomic mass is 16.5. The lowest BCUT2D eigenvalue weighted by molar-refractivity contribution is -0.147. The summed E-state index contributed by atoms with van der Waals surface area (Å²) in [5.74, 6) is -1.66. The van der Waals surface area contributed by atoms with Crippen molar-refractivity contribution in [3.63, 3.8) is 0 Å². The second-order valence-corrected chi connectivity index (χ2v) is 11.8. The summed E-state index contributed by atoms with van der Waals surface area (Å²) in [6.07, 6.45) is 3.57. The first-order valence-electron chi connectivity index (χ1n) is 15.5. The number of benzene rings is 2. The molecule has 45 heavy (non-hydrogen) atoms. The van der Waals surface area contributed by atoms with Crippen molar-refractivity contribution < 1.29 is 23.9 Å². The molecule has 2 aromatic carbocycles. The lowest BCUT2D eigenvalue weighted by atomic mass is 9.62. The molecule has 1 fully saturated rings. The van der Waals surface area contributed by atoms with Gasteiger partial charge >= 0.3 is 5.97 Å². The summed E-state index contributed by atoms with van der Waals surface area (Å²) in [7, 11) is 1.60. The number of carbonyl (C=O) groups excluding carboxylic acids is 4. The van der Waals surface area contributed by atoms with Gasteiger partial charge in [0.15, 0.2) is 0 Å². The highest BCUT2D eigenvalue weighted by molar-refractivity contribution is 5.97. The van der Waals surface area contributed by atoms with E-state index in [1.54, 1.807) is 33.2 Å². The molecule has 3 atom stereocenters. The Hall–Kier alpha value is -4.73. The Labute approximate surface area is 262 Å². The average molecular weight is 613 g/mol. The largest absolute Gasteiger partial charge is 0.464 e. The molecule has 3 amide bonds. The molecular weight excluding hydrogens is 572 g/mol. The molecule has 0 spiro atoms. The molecule has 1 aromatic heterocycles. The fourth-order valence-corrected chi connectivity index (χ4v) is 6.63. The van der Waals surface area contributed by atoms with Gasteiger partial charge < -0.3 is 24.8 Å². The van der Waals surface area contributed by atoms with E-state index >= 15 is 0 Å². The molecule has 1 aliphatic heterocycles. The number of piperidine rings is 1. The standard InChI is InChI=1S/C35H40N4O6/c1-4-45-33(43)23(2)36-34(44)35(24-11-6-5-7-12-24)19-16-27(26-13-8-9-15-29(26)35)32(42)39-21-17-25(18-22-39)37-30(40)28-14-10-20-38(3)31(28)41/h5-15,20,23,25,27H,4,16-19,21-22H2,1-3H3,(H,36,44)(H,37,40)/t23-,27+,35-/m1/s1. The topological polar surface area (TPSA) is 127 Å². The fourth-order valence-electron chi connectivity index (χ4n) is 6.63. The molecule has 2 N–H and O–H groups in total. The van der Waals surface area contributed by atoms with Crippen LogP contribution < -0.4 is 16.2 Å². The smallest absolute Gasteiger partial charge is 0.328 e. The molecule has 5 rings (SSSR count). The number of likely N-dealkylation sites (tertiary alicyclic amines) is 1. The van der Waals surface area contributed by atoms with E-state index in [0.29, 0.717) is 38.8 Å². The van der Waals surface area contributed by atoms with Crippen LogP contribution in [0.25, 0.3) is 0 Å². The van der Waals surface area contributed by atoms with Crippen LogP contribution in [-0.2, 0) is 31.6 Å². The molecule has 0 saturated carbocycles. The molecule has 1 saturated heterocycles. The van der Waals surface area contributed by atoms with Crippen molar-refractivity contribution in [2.75, 3.05) is 19.7 Å². The van der Waals surface area contributed by atoms with E-state index < -0.39 is 29.3 Å². The second-order valence-electron chi connectivity index (χ2n) is 11.8. The molecule has 0 bridgehead atoms. The minimum absolute atomic E-state index is 0.00823. The summed E-state index contributed by atoms with van der Waals surface area (Å²) >= 11 is 0. The van der Waals surface area contributed by atoms with Crippen molar-refractivity contribution in [3.8, 4) is 0 Å². The minimum Gasteiger partial charge on any atom is -0.464 e. The van der Waals surface area contributed by atoms with Gasteiger partial charge in [0, 0.05) is 32.4 Å². The fraction of sp³-hybridized carbons (Fsp3) is 0.400. The van der Waals surface area contributed by atoms with Crippen molar-refractivity contribution in [2.45, 2.75) is 62.9 Å². The third kappa shape index (κ3) is 6.27. The summed E-state index contributed by atoms with van der Waals surface area (Å²) in [6.45, 7) is 4.49. The molecule has 236 valence electrons. The maximum Gasteiger partial charge on any atom is 0.328 e. The third-order valence-corrected chi connectivity index (χ3v) is 9.05. The third-order valence-electron chi connectivity index (χ3n) is 9.05. The molecule has 0 unspecified atom stereocenters. The van der Waals surface area contributed by atoms with E-state index in [-0.39, 0.29) is 35.6 Å². The van der Waals surface area contributed by atoms with Crippen molar-refractivity contribution in [1.82, 2.24) is 20.1 Å². The maximum atomic E-state index is 14.2. The van der Waals surface area contributed by atoms with Crippen LogP contribution in [0.4, 0.5) is 0 Å². The number of carbonyl (C=O) groups is 4. The maximum absolute atomic E-state index is 14.2. The number of amides is 3. The van der Waals surface area contributed by atoms with Gasteiger partial charge in [0.1, 0.15) is 11.6 Å². The molecular formula is C35H40N4O6. The van der Waals surface area contributed by atoms with E-state index in [0.717, 1.165) is 16.7 Å². The number of ether oxygens (including phenoxy) is 1.